The van der Waals surface area contributed by atoms with Crippen molar-refractivity contribution in [3.05, 3.63) is 33.7 Å². The molecule has 7 heteroatoms. The quantitative estimate of drug-likeness (QED) is 0.878. The molecule has 122 valence electrons. The van der Waals surface area contributed by atoms with E-state index in [0.717, 1.165) is 18.8 Å². The van der Waals surface area contributed by atoms with Crippen molar-refractivity contribution in [2.75, 3.05) is 38.1 Å². The Morgan fingerprint density at radius 3 is 2.43 bits per heavy atom. The predicted octanol–water partition coefficient (Wildman–Crippen LogP) is 0.692. The number of aromatic carboxylic acids is 1. The van der Waals surface area contributed by atoms with Gasteiger partial charge < -0.3 is 14.9 Å². The lowest BCUT2D eigenvalue weighted by Crippen LogP contribution is -2.46. The Bertz CT molecular complexity index is 835. The number of likely N-dealkylation sites (N-methyl/N-ethyl adjacent to an activating group) is 1. The molecule has 3 heterocycles. The lowest BCUT2D eigenvalue weighted by Gasteiger charge is -2.35. The third-order valence-electron chi connectivity index (χ3n) is 4.38. The first-order chi connectivity index (χ1) is 10.9. The van der Waals surface area contributed by atoms with Gasteiger partial charge in [-0.05, 0) is 26.1 Å². The molecule has 1 aliphatic heterocycles. The van der Waals surface area contributed by atoms with Gasteiger partial charge in [0, 0.05) is 44.3 Å². The summed E-state index contributed by atoms with van der Waals surface area (Å²) in [4.78, 5) is 32.9. The molecule has 0 spiro atoms. The van der Waals surface area contributed by atoms with Gasteiger partial charge in [-0.25, -0.2) is 9.78 Å². The summed E-state index contributed by atoms with van der Waals surface area (Å²) in [6.07, 6.45) is 0. The van der Waals surface area contributed by atoms with E-state index in [-0.39, 0.29) is 5.56 Å². The van der Waals surface area contributed by atoms with Gasteiger partial charge in [0.25, 0.3) is 5.56 Å². The summed E-state index contributed by atoms with van der Waals surface area (Å²) in [5.41, 5.74) is 1.12. The Morgan fingerprint density at radius 1 is 1.17 bits per heavy atom. The first kappa shape index (κ1) is 15.5. The van der Waals surface area contributed by atoms with Gasteiger partial charge >= 0.3 is 5.97 Å². The van der Waals surface area contributed by atoms with Crippen LogP contribution in [0.5, 0.6) is 0 Å². The Hall–Kier alpha value is -2.41. The second kappa shape index (κ2) is 5.66. The van der Waals surface area contributed by atoms with E-state index in [1.54, 1.807) is 7.05 Å². The second-order valence-corrected chi connectivity index (χ2v) is 6.01. The van der Waals surface area contributed by atoms with Crippen molar-refractivity contribution in [1.29, 1.82) is 0 Å². The van der Waals surface area contributed by atoms with Crippen molar-refractivity contribution in [2.24, 2.45) is 7.05 Å². The third-order valence-corrected chi connectivity index (χ3v) is 4.38. The van der Waals surface area contributed by atoms with Crippen LogP contribution in [0.1, 0.15) is 16.1 Å². The molecule has 0 unspecified atom stereocenters. The van der Waals surface area contributed by atoms with Crippen LogP contribution in [0.2, 0.25) is 0 Å². The van der Waals surface area contributed by atoms with Gasteiger partial charge in [-0.3, -0.25) is 9.36 Å². The minimum Gasteiger partial charge on any atom is -0.477 e. The standard InChI is InChI=1S/C16H20N4O3/c1-10-4-5-11-13(20-8-6-18(2)7-9-20)12(16(22)23)15(21)19(3)14(11)17-10/h4-5H,6-9H2,1-3H3,(H,22,23). The molecule has 2 aromatic heterocycles. The number of aryl methyl sites for hydroxylation is 2. The Balaban J connectivity index is 2.33. The van der Waals surface area contributed by atoms with E-state index in [1.807, 2.05) is 31.0 Å². The molecular weight excluding hydrogens is 296 g/mol. The van der Waals surface area contributed by atoms with E-state index in [4.69, 9.17) is 0 Å². The first-order valence-electron chi connectivity index (χ1n) is 7.57. The number of rotatable bonds is 2. The van der Waals surface area contributed by atoms with Crippen LogP contribution in [0.4, 0.5) is 5.69 Å². The van der Waals surface area contributed by atoms with Gasteiger partial charge in [0.15, 0.2) is 0 Å². The predicted molar refractivity (Wildman–Crippen MR) is 88.4 cm³/mol. The number of carboxylic acids is 1. The van der Waals surface area contributed by atoms with Crippen LogP contribution in [-0.4, -0.2) is 58.8 Å². The van der Waals surface area contributed by atoms with Crippen LogP contribution in [0.25, 0.3) is 11.0 Å². The minimum absolute atomic E-state index is 0.171. The number of nitrogens with zero attached hydrogens (tertiary/aromatic N) is 4. The molecule has 1 N–H and O–H groups in total. The summed E-state index contributed by atoms with van der Waals surface area (Å²) in [5, 5.41) is 10.3. The zero-order valence-electron chi connectivity index (χ0n) is 13.5. The van der Waals surface area contributed by atoms with Gasteiger partial charge in [-0.15, -0.1) is 0 Å². The topological polar surface area (TPSA) is 78.7 Å². The molecule has 0 aliphatic carbocycles. The molecule has 0 aromatic carbocycles. The smallest absolute Gasteiger partial charge is 0.343 e. The molecule has 0 bridgehead atoms. The average Bonchev–Trinajstić information content (AvgIpc) is 2.51. The number of piperazine rings is 1. The highest BCUT2D eigenvalue weighted by Gasteiger charge is 2.27. The number of carbonyl (C=O) groups is 1. The fraction of sp³-hybridized carbons (Fsp3) is 0.438. The SMILES string of the molecule is Cc1ccc2c(N3CCN(C)CC3)c(C(=O)O)c(=O)n(C)c2n1. The first-order valence-corrected chi connectivity index (χ1v) is 7.57. The van der Waals surface area contributed by atoms with Crippen LogP contribution < -0.4 is 10.5 Å². The van der Waals surface area contributed by atoms with Gasteiger partial charge in [0.05, 0.1) is 5.69 Å². The molecule has 0 radical (unpaired) electrons. The fourth-order valence-electron chi connectivity index (χ4n) is 3.03. The van der Waals surface area contributed by atoms with Crippen molar-refractivity contribution >= 4 is 22.7 Å². The molecule has 0 saturated carbocycles. The highest BCUT2D eigenvalue weighted by Crippen LogP contribution is 2.29. The van der Waals surface area contributed by atoms with Gasteiger partial charge in [0.1, 0.15) is 11.2 Å². The van der Waals surface area contributed by atoms with Crippen molar-refractivity contribution in [3.63, 3.8) is 0 Å². The van der Waals surface area contributed by atoms with Gasteiger partial charge in [0.2, 0.25) is 0 Å². The highest BCUT2D eigenvalue weighted by atomic mass is 16.4. The molecule has 1 saturated heterocycles. The van der Waals surface area contributed by atoms with E-state index in [2.05, 4.69) is 9.88 Å². The molecule has 3 rings (SSSR count). The van der Waals surface area contributed by atoms with Gasteiger partial charge in [-0.2, -0.15) is 0 Å². The monoisotopic (exact) mass is 316 g/mol. The zero-order chi connectivity index (χ0) is 16.7. The second-order valence-electron chi connectivity index (χ2n) is 6.01. The highest BCUT2D eigenvalue weighted by molar-refractivity contribution is 6.04. The van der Waals surface area contributed by atoms with Crippen molar-refractivity contribution in [1.82, 2.24) is 14.5 Å². The molecule has 1 fully saturated rings. The van der Waals surface area contributed by atoms with E-state index < -0.39 is 11.5 Å². The number of anilines is 1. The van der Waals surface area contributed by atoms with Gasteiger partial charge in [-0.1, -0.05) is 0 Å². The van der Waals surface area contributed by atoms with E-state index in [1.165, 1.54) is 4.57 Å². The summed E-state index contributed by atoms with van der Waals surface area (Å²) in [5.74, 6) is -1.19. The summed E-state index contributed by atoms with van der Waals surface area (Å²) in [7, 11) is 3.60. The molecule has 2 aromatic rings. The fourth-order valence-corrected chi connectivity index (χ4v) is 3.03. The largest absolute Gasteiger partial charge is 0.477 e. The van der Waals surface area contributed by atoms with Crippen LogP contribution >= 0.6 is 0 Å². The summed E-state index contributed by atoms with van der Waals surface area (Å²) in [6, 6.07) is 3.70. The van der Waals surface area contributed by atoms with Crippen molar-refractivity contribution in [3.8, 4) is 0 Å². The normalized spacial score (nSPS) is 16.0. The maximum atomic E-state index is 12.6. The number of hydrogen-bond acceptors (Lipinski definition) is 5. The average molecular weight is 316 g/mol. The van der Waals surface area contributed by atoms with Crippen LogP contribution in [-0.2, 0) is 7.05 Å². The van der Waals surface area contributed by atoms with Crippen molar-refractivity contribution < 1.29 is 9.90 Å². The Labute approximate surface area is 133 Å². The molecular formula is C16H20N4O3. The minimum atomic E-state index is -1.19. The lowest BCUT2D eigenvalue weighted by molar-refractivity contribution is 0.0695. The third kappa shape index (κ3) is 2.57. The lowest BCUT2D eigenvalue weighted by atomic mass is 10.1. The molecule has 0 atom stereocenters. The zero-order valence-corrected chi connectivity index (χ0v) is 13.5. The number of aromatic nitrogens is 2. The van der Waals surface area contributed by atoms with Crippen LogP contribution in [0.15, 0.2) is 16.9 Å². The van der Waals surface area contributed by atoms with Crippen molar-refractivity contribution in [2.45, 2.75) is 6.92 Å². The van der Waals surface area contributed by atoms with E-state index in [9.17, 15) is 14.7 Å². The number of pyridine rings is 2. The maximum Gasteiger partial charge on any atom is 0.343 e. The summed E-state index contributed by atoms with van der Waals surface area (Å²) in [6.45, 7) is 4.88. The number of hydrogen-bond donors (Lipinski definition) is 1. The molecule has 23 heavy (non-hydrogen) atoms. The maximum absolute atomic E-state index is 12.6. The Kier molecular flexibility index (Phi) is 3.81. The van der Waals surface area contributed by atoms with E-state index >= 15 is 0 Å². The van der Waals surface area contributed by atoms with E-state index in [0.29, 0.717) is 29.8 Å². The molecule has 1 aliphatic rings. The molecule has 0 amide bonds. The van der Waals surface area contributed by atoms with Crippen LogP contribution in [0.3, 0.4) is 0 Å². The Morgan fingerprint density at radius 2 is 1.83 bits per heavy atom. The van der Waals surface area contributed by atoms with Crippen LogP contribution in [0, 0.1) is 6.92 Å². The molecule has 7 nitrogen and oxygen atoms in total. The summed E-state index contributed by atoms with van der Waals surface area (Å²) >= 11 is 0. The summed E-state index contributed by atoms with van der Waals surface area (Å²) < 4.78 is 1.32. The number of fused-ring (bicyclic) bond motifs is 1. The number of carboxylic acid groups (broad SMARTS) is 1.